The van der Waals surface area contributed by atoms with E-state index in [1.54, 1.807) is 0 Å². The molecule has 2 atom stereocenters. The molecule has 0 amide bonds. The molecule has 2 heterocycles. The van der Waals surface area contributed by atoms with Crippen LogP contribution in [-0.4, -0.2) is 77.5 Å². The van der Waals surface area contributed by atoms with E-state index >= 15 is 0 Å². The molecule has 22 heteroatoms. The molecule has 54 heavy (non-hydrogen) atoms. The van der Waals surface area contributed by atoms with Crippen molar-refractivity contribution in [1.29, 1.82) is 0 Å². The van der Waals surface area contributed by atoms with Crippen LogP contribution in [0.5, 0.6) is 11.5 Å². The Morgan fingerprint density at radius 1 is 0.519 bits per heavy atom. The summed E-state index contributed by atoms with van der Waals surface area (Å²) in [5.41, 5.74) is -7.74. The molecule has 2 unspecified atom stereocenters. The van der Waals surface area contributed by atoms with Gasteiger partial charge in [-0.1, -0.05) is 0 Å². The monoisotopic (exact) mass is 790 g/mol. The third-order valence-electron chi connectivity index (χ3n) is 7.57. The fourth-order valence-electron chi connectivity index (χ4n) is 4.38. The second kappa shape index (κ2) is 15.3. The number of hydrogen-bond acceptors (Lipinski definition) is 10. The molecule has 10 nitrogen and oxygen atoms in total. The minimum absolute atomic E-state index is 0.0179. The van der Waals surface area contributed by atoms with Crippen molar-refractivity contribution in [3.8, 4) is 34.0 Å². The summed E-state index contributed by atoms with van der Waals surface area (Å²) in [6.07, 6.45) is -19.0. The molecule has 0 saturated heterocycles. The van der Waals surface area contributed by atoms with Gasteiger partial charge in [-0.05, 0) is 87.4 Å². The minimum atomic E-state index is -4.85. The van der Waals surface area contributed by atoms with Crippen molar-refractivity contribution in [3.63, 3.8) is 0 Å². The molecule has 0 spiro atoms. The molecule has 0 radical (unpaired) electrons. The molecule has 0 fully saturated rings. The van der Waals surface area contributed by atoms with Crippen molar-refractivity contribution in [2.45, 2.75) is 63.6 Å². The topological polar surface area (TPSA) is 157 Å². The number of benzene rings is 2. The molecule has 2 aromatic carbocycles. The fourth-order valence-corrected chi connectivity index (χ4v) is 4.38. The van der Waals surface area contributed by atoms with E-state index in [0.717, 1.165) is 12.1 Å². The maximum Gasteiger partial charge on any atom is 0.418 e. The van der Waals surface area contributed by atoms with Gasteiger partial charge in [-0.25, -0.2) is 0 Å². The molecule has 2 aromatic heterocycles. The number of aromatic nitrogens is 4. The number of aliphatic hydroxyl groups is 2. The molecule has 0 aliphatic heterocycles. The maximum atomic E-state index is 12.8. The van der Waals surface area contributed by atoms with Gasteiger partial charge in [-0.2, -0.15) is 52.7 Å². The van der Waals surface area contributed by atoms with E-state index in [0.29, 0.717) is 26.0 Å². The molecule has 0 saturated carbocycles. The third-order valence-corrected chi connectivity index (χ3v) is 7.57. The molecule has 4 aromatic rings. The summed E-state index contributed by atoms with van der Waals surface area (Å²) in [5.74, 6) is -1.49. The van der Waals surface area contributed by atoms with Crippen LogP contribution in [0.15, 0.2) is 48.5 Å². The Morgan fingerprint density at radius 3 is 1.06 bits per heavy atom. The first kappa shape index (κ1) is 43.3. The summed E-state index contributed by atoms with van der Waals surface area (Å²) in [4.78, 5) is 0. The Kier molecular flexibility index (Phi) is 12.3. The largest absolute Gasteiger partial charge is 0.507 e. The lowest BCUT2D eigenvalue weighted by atomic mass is 10.0. The normalized spacial score (nSPS) is 14.7. The number of nitrogens with zero attached hydrogens (tertiary/aromatic N) is 4. The first-order valence-corrected chi connectivity index (χ1v) is 15.0. The molecule has 296 valence electrons. The summed E-state index contributed by atoms with van der Waals surface area (Å²) < 4.78 is 152. The van der Waals surface area contributed by atoms with E-state index in [1.165, 1.54) is 38.1 Å². The zero-order valence-corrected chi connectivity index (χ0v) is 28.1. The predicted octanol–water partition coefficient (Wildman–Crippen LogP) is 7.80. The highest BCUT2D eigenvalue weighted by Crippen LogP contribution is 2.40. The van der Waals surface area contributed by atoms with Crippen LogP contribution in [-0.2, 0) is 12.4 Å². The highest BCUT2D eigenvalue weighted by atomic mass is 19.4. The fraction of sp³-hybridized carbons (Fsp3) is 0.375. The number of aryl methyl sites for hydroxylation is 2. The molecular weight excluding hydrogens is 760 g/mol. The zero-order chi connectivity index (χ0) is 41.2. The summed E-state index contributed by atoms with van der Waals surface area (Å²) in [6, 6.07) is 7.77. The SMILES string of the molecule is Cc1cc(C(F)(F)F)cc(O)c1-c1ccc(NCC(C)(O)C(F)(F)F)nn1.Cc1cc(C(F)(F)F)cc(O)c1-c1ccc(NCC(C)(O)C(F)(F)F)nn1. The quantitative estimate of drug-likeness (QED) is 0.0974. The van der Waals surface area contributed by atoms with Crippen LogP contribution in [0.25, 0.3) is 22.5 Å². The highest BCUT2D eigenvalue weighted by Gasteiger charge is 2.50. The van der Waals surface area contributed by atoms with Gasteiger partial charge in [0.05, 0.1) is 35.6 Å². The van der Waals surface area contributed by atoms with E-state index in [2.05, 4.69) is 31.0 Å². The second-order valence-electron chi connectivity index (χ2n) is 12.2. The van der Waals surface area contributed by atoms with Crippen LogP contribution >= 0.6 is 0 Å². The summed E-state index contributed by atoms with van der Waals surface area (Å²) in [6.45, 7) is 2.11. The number of aromatic hydroxyl groups is 2. The van der Waals surface area contributed by atoms with Crippen LogP contribution in [0.3, 0.4) is 0 Å². The Morgan fingerprint density at radius 2 is 0.833 bits per heavy atom. The number of phenols is 2. The van der Waals surface area contributed by atoms with Gasteiger partial charge in [0.25, 0.3) is 0 Å². The number of anilines is 2. The molecule has 0 aliphatic carbocycles. The second-order valence-corrected chi connectivity index (χ2v) is 12.2. The van der Waals surface area contributed by atoms with Crippen molar-refractivity contribution in [2.75, 3.05) is 23.7 Å². The van der Waals surface area contributed by atoms with E-state index in [4.69, 9.17) is 0 Å². The van der Waals surface area contributed by atoms with Crippen molar-refractivity contribution in [1.82, 2.24) is 20.4 Å². The van der Waals surface area contributed by atoms with Gasteiger partial charge in [0, 0.05) is 11.1 Å². The van der Waals surface area contributed by atoms with Crippen LogP contribution in [0, 0.1) is 13.8 Å². The predicted molar refractivity (Wildman–Crippen MR) is 168 cm³/mol. The van der Waals surface area contributed by atoms with Crippen LogP contribution in [0.1, 0.15) is 36.1 Å². The molecular formula is C32H30F12N6O4. The lowest BCUT2D eigenvalue weighted by Crippen LogP contribution is -2.47. The van der Waals surface area contributed by atoms with E-state index in [1.807, 2.05) is 0 Å². The number of halogens is 12. The number of rotatable bonds is 8. The lowest BCUT2D eigenvalue weighted by Gasteiger charge is -2.26. The summed E-state index contributed by atoms with van der Waals surface area (Å²) in [7, 11) is 0. The first-order chi connectivity index (χ1) is 24.4. The van der Waals surface area contributed by atoms with E-state index in [-0.39, 0.29) is 45.3 Å². The number of nitrogens with one attached hydrogen (secondary N) is 2. The zero-order valence-electron chi connectivity index (χ0n) is 28.1. The van der Waals surface area contributed by atoms with Crippen molar-refractivity contribution in [3.05, 3.63) is 70.8 Å². The Balaban J connectivity index is 0.000000290. The van der Waals surface area contributed by atoms with Crippen LogP contribution < -0.4 is 10.6 Å². The van der Waals surface area contributed by atoms with E-state index < -0.39 is 71.6 Å². The van der Waals surface area contributed by atoms with Gasteiger partial charge < -0.3 is 31.1 Å². The standard InChI is InChI=1S/2C16H15F6N3O2/c2*1-8-5-9(15(17,18)19)6-11(26)13(8)10-3-4-12(25-24-10)23-7-14(2,27)16(20,21)22/h2*3-6,26-27H,7H2,1-2H3,(H,23,25). The van der Waals surface area contributed by atoms with Crippen LogP contribution in [0.2, 0.25) is 0 Å². The van der Waals surface area contributed by atoms with Crippen molar-refractivity contribution < 1.29 is 73.1 Å². The first-order valence-electron chi connectivity index (χ1n) is 15.0. The van der Waals surface area contributed by atoms with Gasteiger partial charge in [0.1, 0.15) is 23.1 Å². The van der Waals surface area contributed by atoms with Gasteiger partial charge in [-0.15, -0.1) is 20.4 Å². The number of alkyl halides is 12. The van der Waals surface area contributed by atoms with Gasteiger partial charge in [0.2, 0.25) is 0 Å². The average molecular weight is 791 g/mol. The Labute approximate surface area is 297 Å². The van der Waals surface area contributed by atoms with Gasteiger partial charge >= 0.3 is 24.7 Å². The number of hydrogen-bond donors (Lipinski definition) is 6. The maximum absolute atomic E-state index is 12.8. The van der Waals surface area contributed by atoms with Crippen molar-refractivity contribution >= 4 is 11.6 Å². The van der Waals surface area contributed by atoms with Crippen LogP contribution in [0.4, 0.5) is 64.3 Å². The smallest absolute Gasteiger partial charge is 0.418 e. The van der Waals surface area contributed by atoms with Gasteiger partial charge in [0.15, 0.2) is 11.2 Å². The minimum Gasteiger partial charge on any atom is -0.507 e. The Hall–Kier alpha value is -5.12. The average Bonchev–Trinajstić information content (AvgIpc) is 3.02. The lowest BCUT2D eigenvalue weighted by molar-refractivity contribution is -0.247. The van der Waals surface area contributed by atoms with Crippen molar-refractivity contribution in [2.24, 2.45) is 0 Å². The summed E-state index contributed by atoms with van der Waals surface area (Å²) in [5, 5.41) is 57.7. The molecule has 0 aliphatic rings. The van der Waals surface area contributed by atoms with Gasteiger partial charge in [-0.3, -0.25) is 0 Å². The van der Waals surface area contributed by atoms with E-state index in [9.17, 15) is 73.1 Å². The molecule has 0 bridgehead atoms. The summed E-state index contributed by atoms with van der Waals surface area (Å²) >= 11 is 0. The number of phenolic OH excluding ortho intramolecular Hbond substituents is 2. The molecule has 6 N–H and O–H groups in total. The highest BCUT2D eigenvalue weighted by molar-refractivity contribution is 5.72. The Bertz CT molecular complexity index is 1730. The third kappa shape index (κ3) is 10.5. The molecule has 4 rings (SSSR count).